The van der Waals surface area contributed by atoms with Gasteiger partial charge in [0.25, 0.3) is 5.91 Å². The van der Waals surface area contributed by atoms with Crippen LogP contribution in [0.3, 0.4) is 0 Å². The van der Waals surface area contributed by atoms with Gasteiger partial charge in [0, 0.05) is 13.2 Å². The van der Waals surface area contributed by atoms with Crippen LogP contribution in [0.5, 0.6) is 5.75 Å². The molecule has 0 spiro atoms. The second kappa shape index (κ2) is 7.71. The van der Waals surface area contributed by atoms with E-state index in [1.807, 2.05) is 24.3 Å². The summed E-state index contributed by atoms with van der Waals surface area (Å²) in [6.45, 7) is 4.79. The molecule has 0 saturated heterocycles. The average Bonchev–Trinajstić information content (AvgIpc) is 2.37. The predicted molar refractivity (Wildman–Crippen MR) is 70.7 cm³/mol. The topological polar surface area (TPSA) is 58.6 Å². The quantitative estimate of drug-likeness (QED) is 0.725. The van der Waals surface area contributed by atoms with Crippen molar-refractivity contribution in [3.05, 3.63) is 29.8 Å². The van der Waals surface area contributed by atoms with Gasteiger partial charge in [-0.25, -0.2) is 0 Å². The maximum atomic E-state index is 11.4. The van der Waals surface area contributed by atoms with Gasteiger partial charge in [-0.2, -0.15) is 0 Å². The second-order valence-electron chi connectivity index (χ2n) is 4.44. The maximum absolute atomic E-state index is 11.4. The van der Waals surface area contributed by atoms with E-state index in [9.17, 15) is 4.79 Å². The molecule has 0 radical (unpaired) electrons. The van der Waals surface area contributed by atoms with Crippen molar-refractivity contribution >= 4 is 5.91 Å². The molecule has 100 valence electrons. The summed E-state index contributed by atoms with van der Waals surface area (Å²) in [6.07, 6.45) is 0.564. The summed E-state index contributed by atoms with van der Waals surface area (Å²) < 4.78 is 5.41. The first kappa shape index (κ1) is 14.5. The summed E-state index contributed by atoms with van der Waals surface area (Å²) in [5.74, 6) is 0.976. The molecule has 0 aliphatic carbocycles. The van der Waals surface area contributed by atoms with Crippen molar-refractivity contribution in [2.45, 2.75) is 26.2 Å². The molecule has 18 heavy (non-hydrogen) atoms. The van der Waals surface area contributed by atoms with Gasteiger partial charge in [-0.1, -0.05) is 26.0 Å². The molecule has 0 bridgehead atoms. The van der Waals surface area contributed by atoms with Crippen LogP contribution in [0.25, 0.3) is 0 Å². The summed E-state index contributed by atoms with van der Waals surface area (Å²) in [4.78, 5) is 11.4. The van der Waals surface area contributed by atoms with E-state index in [0.717, 1.165) is 0 Å². The second-order valence-corrected chi connectivity index (χ2v) is 4.44. The molecule has 1 aromatic rings. The lowest BCUT2D eigenvalue weighted by molar-refractivity contribution is -0.123. The molecule has 0 unspecified atom stereocenters. The number of aliphatic hydroxyl groups excluding tert-OH is 1. The largest absolute Gasteiger partial charge is 0.484 e. The molecule has 1 rings (SSSR count). The minimum Gasteiger partial charge on any atom is -0.484 e. The van der Waals surface area contributed by atoms with Crippen molar-refractivity contribution < 1.29 is 14.6 Å². The fourth-order valence-corrected chi connectivity index (χ4v) is 1.47. The Hall–Kier alpha value is -1.55. The normalized spacial score (nSPS) is 10.4. The molecule has 0 fully saturated rings. The molecule has 0 atom stereocenters. The number of nitrogens with one attached hydrogen (secondary N) is 1. The molecule has 4 nitrogen and oxygen atoms in total. The smallest absolute Gasteiger partial charge is 0.257 e. The fourth-order valence-electron chi connectivity index (χ4n) is 1.47. The van der Waals surface area contributed by atoms with Gasteiger partial charge in [0.05, 0.1) is 0 Å². The molecule has 0 heterocycles. The van der Waals surface area contributed by atoms with E-state index < -0.39 is 0 Å². The Balaban J connectivity index is 2.38. The Morgan fingerprint density at radius 3 is 2.89 bits per heavy atom. The van der Waals surface area contributed by atoms with Gasteiger partial charge < -0.3 is 15.2 Å². The number of hydrogen-bond donors (Lipinski definition) is 2. The van der Waals surface area contributed by atoms with E-state index in [2.05, 4.69) is 19.2 Å². The van der Waals surface area contributed by atoms with E-state index in [-0.39, 0.29) is 19.1 Å². The third kappa shape index (κ3) is 5.19. The summed E-state index contributed by atoms with van der Waals surface area (Å²) >= 11 is 0. The summed E-state index contributed by atoms with van der Waals surface area (Å²) in [5, 5.41) is 11.3. The lowest BCUT2D eigenvalue weighted by Crippen LogP contribution is -2.30. The molecular weight excluding hydrogens is 230 g/mol. The van der Waals surface area contributed by atoms with E-state index in [4.69, 9.17) is 9.84 Å². The van der Waals surface area contributed by atoms with Crippen molar-refractivity contribution in [3.63, 3.8) is 0 Å². The molecular formula is C14H21NO3. The molecule has 4 heteroatoms. The highest BCUT2D eigenvalue weighted by atomic mass is 16.5. The molecule has 0 aliphatic rings. The molecule has 1 aromatic carbocycles. The molecule has 2 N–H and O–H groups in total. The van der Waals surface area contributed by atoms with E-state index in [1.165, 1.54) is 5.56 Å². The first-order valence-corrected chi connectivity index (χ1v) is 6.24. The van der Waals surface area contributed by atoms with E-state index in [1.54, 1.807) is 0 Å². The van der Waals surface area contributed by atoms with E-state index >= 15 is 0 Å². The summed E-state index contributed by atoms with van der Waals surface area (Å²) in [5.41, 5.74) is 1.19. The Bertz CT molecular complexity index is 377. The van der Waals surface area contributed by atoms with Gasteiger partial charge in [0.1, 0.15) is 5.75 Å². The zero-order chi connectivity index (χ0) is 13.4. The van der Waals surface area contributed by atoms with Gasteiger partial charge in [0.15, 0.2) is 6.61 Å². The summed E-state index contributed by atoms with van der Waals surface area (Å²) in [6, 6.07) is 7.76. The van der Waals surface area contributed by atoms with Gasteiger partial charge in [0.2, 0.25) is 0 Å². The highest BCUT2D eigenvalue weighted by molar-refractivity contribution is 5.77. The van der Waals surface area contributed by atoms with Crippen molar-refractivity contribution in [2.75, 3.05) is 19.8 Å². The third-order valence-electron chi connectivity index (χ3n) is 2.55. The van der Waals surface area contributed by atoms with Gasteiger partial charge in [-0.05, 0) is 30.0 Å². The van der Waals surface area contributed by atoms with Crippen LogP contribution in [-0.4, -0.2) is 30.8 Å². The Kier molecular flexibility index (Phi) is 6.22. The Morgan fingerprint density at radius 1 is 1.44 bits per heavy atom. The zero-order valence-corrected chi connectivity index (χ0v) is 11.0. The standard InChI is InChI=1S/C14H21NO3/c1-11(2)12-5-3-6-13(9-12)18-10-14(17)15-7-4-8-16/h3,5-6,9,11,16H,4,7-8,10H2,1-2H3,(H,15,17). The van der Waals surface area contributed by atoms with Crippen molar-refractivity contribution in [1.29, 1.82) is 0 Å². The van der Waals surface area contributed by atoms with Gasteiger partial charge in [-0.3, -0.25) is 4.79 Å². The average molecular weight is 251 g/mol. The number of aliphatic hydroxyl groups is 1. The number of ether oxygens (including phenoxy) is 1. The fraction of sp³-hybridized carbons (Fsp3) is 0.500. The van der Waals surface area contributed by atoms with Crippen LogP contribution < -0.4 is 10.1 Å². The van der Waals surface area contributed by atoms with Crippen LogP contribution in [0, 0.1) is 0 Å². The monoisotopic (exact) mass is 251 g/mol. The van der Waals surface area contributed by atoms with Crippen LogP contribution in [-0.2, 0) is 4.79 Å². The zero-order valence-electron chi connectivity index (χ0n) is 11.0. The van der Waals surface area contributed by atoms with E-state index in [0.29, 0.717) is 24.6 Å². The maximum Gasteiger partial charge on any atom is 0.257 e. The van der Waals surface area contributed by atoms with Crippen molar-refractivity contribution in [2.24, 2.45) is 0 Å². The van der Waals surface area contributed by atoms with Crippen LogP contribution in [0.1, 0.15) is 31.7 Å². The number of hydrogen-bond acceptors (Lipinski definition) is 3. The minimum atomic E-state index is -0.168. The van der Waals surface area contributed by atoms with Gasteiger partial charge >= 0.3 is 0 Å². The molecule has 1 amide bonds. The van der Waals surface area contributed by atoms with Crippen molar-refractivity contribution in [1.82, 2.24) is 5.32 Å². The third-order valence-corrected chi connectivity index (χ3v) is 2.55. The number of rotatable bonds is 7. The Labute approximate surface area is 108 Å². The molecule has 0 saturated carbocycles. The first-order valence-electron chi connectivity index (χ1n) is 6.24. The lowest BCUT2D eigenvalue weighted by atomic mass is 10.0. The number of benzene rings is 1. The molecule has 0 aromatic heterocycles. The highest BCUT2D eigenvalue weighted by Crippen LogP contribution is 2.19. The summed E-state index contributed by atoms with van der Waals surface area (Å²) in [7, 11) is 0. The van der Waals surface area contributed by atoms with Crippen LogP contribution in [0.4, 0.5) is 0 Å². The van der Waals surface area contributed by atoms with Crippen LogP contribution in [0.2, 0.25) is 0 Å². The number of amides is 1. The van der Waals surface area contributed by atoms with Crippen LogP contribution >= 0.6 is 0 Å². The minimum absolute atomic E-state index is 0.00692. The SMILES string of the molecule is CC(C)c1cccc(OCC(=O)NCCCO)c1. The number of carbonyl (C=O) groups is 1. The predicted octanol–water partition coefficient (Wildman–Crippen LogP) is 1.69. The lowest BCUT2D eigenvalue weighted by Gasteiger charge is -2.10. The van der Waals surface area contributed by atoms with Crippen LogP contribution in [0.15, 0.2) is 24.3 Å². The number of carbonyl (C=O) groups excluding carboxylic acids is 1. The van der Waals surface area contributed by atoms with Crippen molar-refractivity contribution in [3.8, 4) is 5.75 Å². The Morgan fingerprint density at radius 2 is 2.22 bits per heavy atom. The molecule has 0 aliphatic heterocycles. The van der Waals surface area contributed by atoms with Gasteiger partial charge in [-0.15, -0.1) is 0 Å². The first-order chi connectivity index (χ1) is 8.63. The highest BCUT2D eigenvalue weighted by Gasteiger charge is 2.04.